The number of piperazine rings is 1. The highest BCUT2D eigenvalue weighted by molar-refractivity contribution is 6.33. The molecule has 17 heteroatoms. The van der Waals surface area contributed by atoms with Gasteiger partial charge in [0.2, 0.25) is 11.8 Å². The summed E-state index contributed by atoms with van der Waals surface area (Å²) in [5, 5.41) is 9.41. The molecule has 1 aliphatic carbocycles. The summed E-state index contributed by atoms with van der Waals surface area (Å²) >= 11 is 6.12. The Hall–Kier alpha value is -4.96. The maximum atomic E-state index is 13.5. The van der Waals surface area contributed by atoms with E-state index in [0.717, 1.165) is 88.6 Å². The van der Waals surface area contributed by atoms with Gasteiger partial charge in [-0.25, -0.2) is 0 Å². The fraction of sp³-hybridized carbons (Fsp3) is 0.487. The average molecular weight is 797 g/mol. The summed E-state index contributed by atoms with van der Waals surface area (Å²) < 4.78 is 41.0. The third-order valence-corrected chi connectivity index (χ3v) is 12.1. The molecule has 3 aliphatic heterocycles. The van der Waals surface area contributed by atoms with Gasteiger partial charge in [0.1, 0.15) is 11.6 Å². The minimum absolute atomic E-state index is 0.123. The van der Waals surface area contributed by atoms with Gasteiger partial charge in [0.05, 0.1) is 33.7 Å². The Morgan fingerprint density at radius 3 is 2.34 bits per heavy atom. The van der Waals surface area contributed by atoms with Crippen molar-refractivity contribution in [3.63, 3.8) is 0 Å². The number of anilines is 3. The molecule has 4 amide bonds. The first kappa shape index (κ1) is 39.3. The van der Waals surface area contributed by atoms with Crippen LogP contribution in [0.4, 0.5) is 30.2 Å². The second kappa shape index (κ2) is 15.9. The lowest BCUT2D eigenvalue weighted by atomic mass is 9.76. The van der Waals surface area contributed by atoms with E-state index in [0.29, 0.717) is 25.0 Å². The highest BCUT2D eigenvalue weighted by Gasteiger charge is 2.47. The molecular weight excluding hydrogens is 753 g/mol. The number of nitrogens with one attached hydrogen (secondary N) is 2. The number of likely N-dealkylation sites (N-methyl/N-ethyl adjacent to an activating group) is 1. The van der Waals surface area contributed by atoms with Crippen LogP contribution in [0.5, 0.6) is 0 Å². The maximum Gasteiger partial charge on any atom is 0.416 e. The van der Waals surface area contributed by atoms with Crippen LogP contribution >= 0.6 is 11.6 Å². The molecule has 4 aliphatic rings. The fourth-order valence-corrected chi connectivity index (χ4v) is 8.38. The van der Waals surface area contributed by atoms with Crippen LogP contribution < -0.4 is 20.4 Å². The van der Waals surface area contributed by atoms with Gasteiger partial charge in [-0.1, -0.05) is 11.6 Å². The fourth-order valence-electron chi connectivity index (χ4n) is 8.15. The largest absolute Gasteiger partial charge is 0.416 e. The van der Waals surface area contributed by atoms with Crippen LogP contribution in [0.25, 0.3) is 0 Å². The first-order chi connectivity index (χ1) is 26.8. The third kappa shape index (κ3) is 7.99. The highest BCUT2D eigenvalue weighted by Crippen LogP contribution is 2.42. The normalized spacial score (nSPS) is 20.6. The summed E-state index contributed by atoms with van der Waals surface area (Å²) in [6.07, 6.45) is 4.04. The smallest absolute Gasteiger partial charge is 0.369 e. The molecule has 56 heavy (non-hydrogen) atoms. The zero-order valence-corrected chi connectivity index (χ0v) is 31.7. The van der Waals surface area contributed by atoms with Crippen LogP contribution in [0.15, 0.2) is 48.8 Å². The molecule has 13 nitrogen and oxygen atoms in total. The number of alkyl halides is 3. The molecule has 2 aromatic carbocycles. The van der Waals surface area contributed by atoms with Gasteiger partial charge in [0.15, 0.2) is 6.29 Å². The number of carbonyl (C=O) groups excluding carboxylic acids is 5. The number of amides is 4. The molecule has 4 fully saturated rings. The van der Waals surface area contributed by atoms with Crippen LogP contribution in [0.3, 0.4) is 0 Å². The van der Waals surface area contributed by atoms with Crippen molar-refractivity contribution in [3.05, 3.63) is 70.5 Å². The third-order valence-electron chi connectivity index (χ3n) is 11.8. The van der Waals surface area contributed by atoms with E-state index in [1.165, 1.54) is 18.0 Å². The number of halogens is 4. The molecule has 1 saturated carbocycles. The summed E-state index contributed by atoms with van der Waals surface area (Å²) in [6, 6.07) is 7.29. The van der Waals surface area contributed by atoms with Gasteiger partial charge in [0, 0.05) is 76.7 Å². The van der Waals surface area contributed by atoms with E-state index in [1.54, 1.807) is 23.0 Å². The first-order valence-corrected chi connectivity index (χ1v) is 19.3. The molecule has 4 heterocycles. The molecule has 3 aromatic rings. The number of aromatic nitrogens is 2. The van der Waals surface area contributed by atoms with Gasteiger partial charge >= 0.3 is 6.18 Å². The zero-order chi connectivity index (χ0) is 39.8. The molecule has 3 saturated heterocycles. The lowest BCUT2D eigenvalue weighted by Crippen LogP contribution is -2.53. The Balaban J connectivity index is 0.902. The summed E-state index contributed by atoms with van der Waals surface area (Å²) in [4.78, 5) is 71.1. The van der Waals surface area contributed by atoms with E-state index < -0.39 is 35.1 Å². The number of aldehydes is 1. The van der Waals surface area contributed by atoms with E-state index in [4.69, 9.17) is 11.6 Å². The number of carbonyl (C=O) groups is 5. The molecule has 0 bridgehead atoms. The number of rotatable bonds is 10. The predicted octanol–water partition coefficient (Wildman–Crippen LogP) is 4.80. The van der Waals surface area contributed by atoms with Crippen molar-refractivity contribution < 1.29 is 37.1 Å². The lowest BCUT2D eigenvalue weighted by Gasteiger charge is -2.41. The number of hydrogen-bond donors (Lipinski definition) is 2. The lowest BCUT2D eigenvalue weighted by molar-refractivity contribution is -0.138. The summed E-state index contributed by atoms with van der Waals surface area (Å²) in [5.74, 6) is -1.19. The van der Waals surface area contributed by atoms with E-state index in [-0.39, 0.29) is 46.5 Å². The number of piperidine rings is 2. The molecule has 0 radical (unpaired) electrons. The standard InChI is InChI=1S/C39H44ClF3N8O5/c1-47(33-7-8-34(53)46-35(33)54)36(55)30-20-28(5-3-26(30)24-52)50-17-15-48(16-18-50)22-25-9-13-49(14-10-25)29-21-44-51(23-29)38(11-2-12-38)37(56)45-32-6-4-27(19-31(32)40)39(41,42)43/h3-6,19-21,23-25,33H,2,7-18,22H2,1H3,(H,45,56)(H,46,53,54). The van der Waals surface area contributed by atoms with E-state index in [9.17, 15) is 37.1 Å². The Bertz CT molecular complexity index is 2000. The van der Waals surface area contributed by atoms with Crippen LogP contribution in [-0.2, 0) is 26.1 Å². The molecule has 0 spiro atoms. The van der Waals surface area contributed by atoms with E-state index in [1.807, 2.05) is 12.3 Å². The van der Waals surface area contributed by atoms with Crippen molar-refractivity contribution in [2.45, 2.75) is 62.7 Å². The zero-order valence-electron chi connectivity index (χ0n) is 31.0. The summed E-state index contributed by atoms with van der Waals surface area (Å²) in [6.45, 7) is 5.80. The number of nitrogens with zero attached hydrogens (tertiary/aromatic N) is 6. The van der Waals surface area contributed by atoms with Crippen LogP contribution in [0.2, 0.25) is 5.02 Å². The number of hydrogen-bond acceptors (Lipinski definition) is 9. The van der Waals surface area contributed by atoms with Crippen molar-refractivity contribution in [2.75, 3.05) is 68.0 Å². The molecule has 7 rings (SSSR count). The minimum atomic E-state index is -4.54. The van der Waals surface area contributed by atoms with Crippen molar-refractivity contribution >= 4 is 58.6 Å². The van der Waals surface area contributed by atoms with Gasteiger partial charge in [-0.2, -0.15) is 18.3 Å². The molecular formula is C39H44ClF3N8O5. The van der Waals surface area contributed by atoms with E-state index >= 15 is 0 Å². The van der Waals surface area contributed by atoms with Gasteiger partial charge in [-0.3, -0.25) is 38.9 Å². The number of imide groups is 1. The van der Waals surface area contributed by atoms with Crippen LogP contribution in [-0.4, -0.2) is 108 Å². The molecule has 2 N–H and O–H groups in total. The number of benzene rings is 2. The highest BCUT2D eigenvalue weighted by atomic mass is 35.5. The predicted molar refractivity (Wildman–Crippen MR) is 203 cm³/mol. The average Bonchev–Trinajstić information content (AvgIpc) is 3.65. The van der Waals surface area contributed by atoms with Crippen molar-refractivity contribution in [1.29, 1.82) is 0 Å². The first-order valence-electron chi connectivity index (χ1n) is 18.9. The molecule has 1 aromatic heterocycles. The van der Waals surface area contributed by atoms with Gasteiger partial charge in [0.25, 0.3) is 11.8 Å². The summed E-state index contributed by atoms with van der Waals surface area (Å²) in [5.41, 5.74) is 0.510. The van der Waals surface area contributed by atoms with Crippen LogP contribution in [0.1, 0.15) is 71.2 Å². The van der Waals surface area contributed by atoms with Crippen molar-refractivity contribution in [3.8, 4) is 0 Å². The topological polar surface area (TPSA) is 140 Å². The van der Waals surface area contributed by atoms with Gasteiger partial charge in [-0.05, 0) is 80.8 Å². The molecule has 1 atom stereocenters. The quantitative estimate of drug-likeness (QED) is 0.219. The second-order valence-electron chi connectivity index (χ2n) is 15.2. The SMILES string of the molecule is CN(C(=O)c1cc(N2CCN(CC3CCN(c4cnn(C5(C(=O)Nc6ccc(C(F)(F)F)cc6Cl)CCC5)c4)CC3)CC2)ccc1C=O)C1CCC(=O)NC1=O. The maximum absolute atomic E-state index is 13.5. The van der Waals surface area contributed by atoms with E-state index in [2.05, 4.69) is 30.4 Å². The minimum Gasteiger partial charge on any atom is -0.369 e. The Kier molecular flexibility index (Phi) is 11.1. The van der Waals surface area contributed by atoms with Crippen molar-refractivity contribution in [2.24, 2.45) is 5.92 Å². The monoisotopic (exact) mass is 796 g/mol. The second-order valence-corrected chi connectivity index (χ2v) is 15.6. The summed E-state index contributed by atoms with van der Waals surface area (Å²) in [7, 11) is 1.51. The molecule has 1 unspecified atom stereocenters. The van der Waals surface area contributed by atoms with Crippen LogP contribution in [0, 0.1) is 5.92 Å². The van der Waals surface area contributed by atoms with Gasteiger partial charge < -0.3 is 20.0 Å². The van der Waals surface area contributed by atoms with Gasteiger partial charge in [-0.15, -0.1) is 0 Å². The Labute approximate surface area is 327 Å². The van der Waals surface area contributed by atoms with Crippen molar-refractivity contribution in [1.82, 2.24) is 24.9 Å². The molecule has 298 valence electrons. The Morgan fingerprint density at radius 1 is 1.00 bits per heavy atom. The Morgan fingerprint density at radius 2 is 1.71 bits per heavy atom.